The van der Waals surface area contributed by atoms with Crippen LogP contribution in [-0.4, -0.2) is 12.3 Å². The number of hydrogen-bond donors (Lipinski definition) is 0. The summed E-state index contributed by atoms with van der Waals surface area (Å²) in [6, 6.07) is 0. The van der Waals surface area contributed by atoms with Crippen molar-refractivity contribution in [1.82, 2.24) is 0 Å². The lowest BCUT2D eigenvalue weighted by molar-refractivity contribution is -0.295. The highest BCUT2D eigenvalue weighted by Crippen LogP contribution is 2.24. The second-order valence-electron chi connectivity index (χ2n) is 1.53. The second-order valence-corrected chi connectivity index (χ2v) is 1.53. The molecule has 0 amide bonds. The van der Waals surface area contributed by atoms with Crippen LogP contribution in [0.2, 0.25) is 0 Å². The van der Waals surface area contributed by atoms with Crippen molar-refractivity contribution >= 4 is 0 Å². The summed E-state index contributed by atoms with van der Waals surface area (Å²) in [5, 5.41) is 0. The largest absolute Gasteiger partial charge is 0.418 e. The van der Waals surface area contributed by atoms with Gasteiger partial charge in [-0.25, -0.2) is 0 Å². The molecule has 9 heavy (non-hydrogen) atoms. The van der Waals surface area contributed by atoms with Crippen molar-refractivity contribution in [2.45, 2.75) is 25.6 Å². The molecule has 0 fully saturated rings. The van der Waals surface area contributed by atoms with Crippen LogP contribution in [-0.2, 0) is 4.94 Å². The van der Waals surface area contributed by atoms with Crippen LogP contribution in [0.15, 0.2) is 0 Å². The molecule has 56 valence electrons. The summed E-state index contributed by atoms with van der Waals surface area (Å²) in [6.07, 6.45) is -7.25. The number of rotatable bonds is 2. The van der Waals surface area contributed by atoms with Gasteiger partial charge >= 0.3 is 6.18 Å². The van der Waals surface area contributed by atoms with Crippen molar-refractivity contribution in [1.29, 1.82) is 0 Å². The zero-order valence-corrected chi connectivity index (χ0v) is 4.70. The molecule has 0 aromatic heterocycles. The molecule has 0 N–H and O–H groups in total. The zero-order valence-electron chi connectivity index (χ0n) is 4.70. The van der Waals surface area contributed by atoms with Gasteiger partial charge in [-0.3, -0.25) is 0 Å². The van der Waals surface area contributed by atoms with Crippen LogP contribution in [0.1, 0.15) is 13.3 Å². The molecule has 0 aliphatic carbocycles. The molecule has 0 rings (SSSR count). The molecule has 0 saturated carbocycles. The predicted molar refractivity (Wildman–Crippen MR) is 22.3 cm³/mol. The fourth-order valence-corrected chi connectivity index (χ4v) is 0.345. The van der Waals surface area contributed by atoms with Gasteiger partial charge in [0.15, 0.2) is 6.10 Å². The van der Waals surface area contributed by atoms with E-state index in [0.29, 0.717) is 0 Å². The van der Waals surface area contributed by atoms with Gasteiger partial charge in [-0.2, -0.15) is 18.1 Å². The molecule has 1 unspecified atom stereocenters. The van der Waals surface area contributed by atoms with Crippen LogP contribution in [0.4, 0.5) is 17.7 Å². The van der Waals surface area contributed by atoms with Gasteiger partial charge < -0.3 is 0 Å². The fourth-order valence-electron chi connectivity index (χ4n) is 0.345. The van der Waals surface area contributed by atoms with Crippen molar-refractivity contribution in [2.24, 2.45) is 0 Å². The Hall–Kier alpha value is -0.320. The van der Waals surface area contributed by atoms with Crippen molar-refractivity contribution in [3.05, 3.63) is 0 Å². The van der Waals surface area contributed by atoms with E-state index in [1.807, 2.05) is 0 Å². The first kappa shape index (κ1) is 8.68. The van der Waals surface area contributed by atoms with Crippen LogP contribution in [0, 0.1) is 0 Å². The minimum Gasteiger partial charge on any atom is -0.181 e. The summed E-state index contributed by atoms with van der Waals surface area (Å²) in [7, 11) is 0. The van der Waals surface area contributed by atoms with Crippen molar-refractivity contribution < 1.29 is 22.6 Å². The summed E-state index contributed by atoms with van der Waals surface area (Å²) in [5.74, 6) is 0. The van der Waals surface area contributed by atoms with Crippen LogP contribution in [0.25, 0.3) is 0 Å². The smallest absolute Gasteiger partial charge is 0.181 e. The maximum atomic E-state index is 11.4. The van der Waals surface area contributed by atoms with Gasteiger partial charge in [-0.15, -0.1) is 0 Å². The first-order valence-electron chi connectivity index (χ1n) is 2.36. The summed E-state index contributed by atoms with van der Waals surface area (Å²) < 4.78 is 45.0. The van der Waals surface area contributed by atoms with Crippen molar-refractivity contribution in [3.8, 4) is 0 Å². The van der Waals surface area contributed by atoms with E-state index in [1.165, 1.54) is 6.92 Å². The monoisotopic (exact) mass is 146 g/mol. The van der Waals surface area contributed by atoms with E-state index in [9.17, 15) is 17.7 Å². The maximum absolute atomic E-state index is 11.4. The van der Waals surface area contributed by atoms with E-state index in [4.69, 9.17) is 0 Å². The normalized spacial score (nSPS) is 15.7. The molecule has 5 heteroatoms. The lowest BCUT2D eigenvalue weighted by Gasteiger charge is -2.12. The van der Waals surface area contributed by atoms with E-state index in [1.54, 1.807) is 0 Å². The van der Waals surface area contributed by atoms with Gasteiger partial charge in [-0.05, 0) is 10.9 Å². The van der Waals surface area contributed by atoms with Crippen molar-refractivity contribution in [3.63, 3.8) is 0 Å². The summed E-state index contributed by atoms with van der Waals surface area (Å²) >= 11 is 0. The van der Waals surface area contributed by atoms with Crippen molar-refractivity contribution in [2.75, 3.05) is 0 Å². The van der Waals surface area contributed by atoms with E-state index < -0.39 is 18.7 Å². The molecule has 0 bridgehead atoms. The molecule has 0 aliphatic heterocycles. The molecule has 0 aliphatic rings. The molecule has 0 aromatic carbocycles. The quantitative estimate of drug-likeness (QED) is 0.543. The van der Waals surface area contributed by atoms with Gasteiger partial charge in [0.1, 0.15) is 0 Å². The first-order chi connectivity index (χ1) is 4.02. The van der Waals surface area contributed by atoms with Crippen LogP contribution in [0.5, 0.6) is 0 Å². The van der Waals surface area contributed by atoms with Gasteiger partial charge in [0, 0.05) is 0 Å². The zero-order chi connectivity index (χ0) is 7.49. The molecule has 0 saturated heterocycles. The van der Waals surface area contributed by atoms with E-state index in [2.05, 4.69) is 4.94 Å². The Balaban J connectivity index is 3.79. The summed E-state index contributed by atoms with van der Waals surface area (Å²) in [4.78, 5) is 2.64. The molecule has 0 spiro atoms. The predicted octanol–water partition coefficient (Wildman–Crippen LogP) is 2.23. The second kappa shape index (κ2) is 3.00. The average Bonchev–Trinajstić information content (AvgIpc) is 1.65. The molecular weight excluding hydrogens is 140 g/mol. The van der Waals surface area contributed by atoms with E-state index in [0.717, 1.165) is 0 Å². The summed E-state index contributed by atoms with van der Waals surface area (Å²) in [6.45, 7) is 1.19. The third kappa shape index (κ3) is 2.64. The van der Waals surface area contributed by atoms with Crippen LogP contribution < -0.4 is 0 Å². The Bertz CT molecular complexity index is 75.1. The Morgan fingerprint density at radius 3 is 1.89 bits per heavy atom. The Morgan fingerprint density at radius 2 is 1.89 bits per heavy atom. The number of alkyl halides is 3. The summed E-state index contributed by atoms with van der Waals surface area (Å²) in [5.41, 5.74) is 0. The van der Waals surface area contributed by atoms with E-state index >= 15 is 0 Å². The SMILES string of the molecule is CCC(OF)C(F)(F)F. The highest BCUT2D eigenvalue weighted by molar-refractivity contribution is 4.62. The molecule has 0 aromatic rings. The topological polar surface area (TPSA) is 9.23 Å². The third-order valence-electron chi connectivity index (χ3n) is 0.843. The molecular formula is C4H6F4O. The first-order valence-corrected chi connectivity index (χ1v) is 2.36. The third-order valence-corrected chi connectivity index (χ3v) is 0.843. The van der Waals surface area contributed by atoms with Gasteiger partial charge in [-0.1, -0.05) is 6.92 Å². The Labute approximate surface area is 49.5 Å². The lowest BCUT2D eigenvalue weighted by atomic mass is 10.3. The fraction of sp³-hybridized carbons (Fsp3) is 1.00. The standard InChI is InChI=1S/C4H6F4O/c1-2-3(9-8)4(5,6)7/h3H,2H2,1H3. The molecule has 0 radical (unpaired) electrons. The van der Waals surface area contributed by atoms with Gasteiger partial charge in [0.05, 0.1) is 0 Å². The van der Waals surface area contributed by atoms with Crippen LogP contribution in [0.3, 0.4) is 0 Å². The highest BCUT2D eigenvalue weighted by atomic mass is 19.4. The maximum Gasteiger partial charge on any atom is 0.418 e. The van der Waals surface area contributed by atoms with Crippen LogP contribution >= 0.6 is 0 Å². The number of halogens is 4. The molecule has 1 nitrogen and oxygen atoms in total. The highest BCUT2D eigenvalue weighted by Gasteiger charge is 2.40. The molecule has 0 heterocycles. The average molecular weight is 146 g/mol. The minimum atomic E-state index is -4.58. The van der Waals surface area contributed by atoms with Gasteiger partial charge in [0.25, 0.3) is 0 Å². The van der Waals surface area contributed by atoms with E-state index in [-0.39, 0.29) is 0 Å². The minimum absolute atomic E-state index is 0.403. The Kier molecular flexibility index (Phi) is 2.90. The van der Waals surface area contributed by atoms with Gasteiger partial charge in [0.2, 0.25) is 0 Å². The lowest BCUT2D eigenvalue weighted by Crippen LogP contribution is -2.28. The Morgan fingerprint density at radius 1 is 1.44 bits per heavy atom. The molecule has 1 atom stereocenters. The number of hydrogen-bond acceptors (Lipinski definition) is 1.